The lowest BCUT2D eigenvalue weighted by Crippen LogP contribution is -2.13. The molecule has 0 aliphatic carbocycles. The van der Waals surface area contributed by atoms with Crippen LogP contribution in [-0.2, 0) is 9.53 Å². The number of carbonyl (C=O) groups is 2. The fourth-order valence-electron chi connectivity index (χ4n) is 1.57. The van der Waals surface area contributed by atoms with Gasteiger partial charge in [-0.2, -0.15) is 0 Å². The number of hydrogen-bond acceptors (Lipinski definition) is 4. The number of rotatable bonds is 5. The maximum absolute atomic E-state index is 11.9. The van der Waals surface area contributed by atoms with E-state index in [-0.39, 0.29) is 18.0 Å². The van der Waals surface area contributed by atoms with E-state index in [0.717, 1.165) is 0 Å². The molecule has 0 N–H and O–H groups in total. The molecule has 1 atom stereocenters. The van der Waals surface area contributed by atoms with Gasteiger partial charge in [0, 0.05) is 0 Å². The van der Waals surface area contributed by atoms with Crippen LogP contribution in [0.1, 0.15) is 35.1 Å². The van der Waals surface area contributed by atoms with Gasteiger partial charge in [-0.25, -0.2) is 4.79 Å². The molecule has 0 aromatic heterocycles. The summed E-state index contributed by atoms with van der Waals surface area (Å²) in [6, 6.07) is 4.92. The molecule has 0 saturated carbocycles. The van der Waals surface area contributed by atoms with Crippen LogP contribution in [0.15, 0.2) is 18.2 Å². The maximum atomic E-state index is 11.9. The topological polar surface area (TPSA) is 52.6 Å². The molecule has 0 heterocycles. The van der Waals surface area contributed by atoms with Crippen molar-refractivity contribution >= 4 is 23.4 Å². The first-order chi connectivity index (χ1) is 8.52. The molecule has 18 heavy (non-hydrogen) atoms. The van der Waals surface area contributed by atoms with E-state index in [1.165, 1.54) is 14.0 Å². The van der Waals surface area contributed by atoms with Gasteiger partial charge in [0.05, 0.1) is 13.7 Å². The predicted octanol–water partition coefficient (Wildman–Crippen LogP) is 2.74. The average molecular weight is 271 g/mol. The molecule has 0 spiro atoms. The van der Waals surface area contributed by atoms with E-state index in [9.17, 15) is 9.59 Å². The second kappa shape index (κ2) is 6.40. The number of Topliss-reactive ketones (excluding diaryl/α,β-unsaturated/α-hetero) is 1. The lowest BCUT2D eigenvalue weighted by molar-refractivity contribution is -0.116. The van der Waals surface area contributed by atoms with Crippen molar-refractivity contribution in [2.45, 2.75) is 19.2 Å². The Hall–Kier alpha value is -1.55. The third kappa shape index (κ3) is 3.01. The Kier molecular flexibility index (Phi) is 5.16. The Morgan fingerprint density at radius 3 is 2.56 bits per heavy atom. The summed E-state index contributed by atoms with van der Waals surface area (Å²) in [7, 11) is 1.44. The van der Waals surface area contributed by atoms with Gasteiger partial charge in [0.2, 0.25) is 0 Å². The minimum absolute atomic E-state index is 0.206. The number of ether oxygens (including phenoxy) is 2. The fourth-order valence-corrected chi connectivity index (χ4v) is 1.75. The molecule has 1 unspecified atom stereocenters. The summed E-state index contributed by atoms with van der Waals surface area (Å²) >= 11 is 6.01. The minimum Gasteiger partial charge on any atom is -0.496 e. The molecule has 4 nitrogen and oxygen atoms in total. The number of methoxy groups -OCH3 is 1. The third-order valence-electron chi connectivity index (χ3n) is 2.39. The van der Waals surface area contributed by atoms with E-state index >= 15 is 0 Å². The van der Waals surface area contributed by atoms with Gasteiger partial charge in [-0.05, 0) is 25.5 Å². The summed E-state index contributed by atoms with van der Waals surface area (Å²) in [6.45, 7) is 3.31. The Balaban J connectivity index is 3.33. The van der Waals surface area contributed by atoms with Crippen LogP contribution >= 0.6 is 11.6 Å². The van der Waals surface area contributed by atoms with Gasteiger partial charge in [-0.3, -0.25) is 4.79 Å². The van der Waals surface area contributed by atoms with Crippen LogP contribution < -0.4 is 4.74 Å². The van der Waals surface area contributed by atoms with Crippen molar-refractivity contribution < 1.29 is 19.1 Å². The molecule has 0 fully saturated rings. The van der Waals surface area contributed by atoms with Crippen LogP contribution in [0.4, 0.5) is 0 Å². The highest BCUT2D eigenvalue weighted by Gasteiger charge is 2.25. The number of carbonyl (C=O) groups excluding carboxylic acids is 2. The van der Waals surface area contributed by atoms with Gasteiger partial charge >= 0.3 is 5.97 Å². The van der Waals surface area contributed by atoms with Crippen molar-refractivity contribution in [3.05, 3.63) is 29.3 Å². The first-order valence-electron chi connectivity index (χ1n) is 5.51. The van der Waals surface area contributed by atoms with Crippen molar-refractivity contribution in [1.82, 2.24) is 0 Å². The second-order valence-electron chi connectivity index (χ2n) is 3.62. The molecule has 1 aromatic rings. The van der Waals surface area contributed by atoms with Crippen molar-refractivity contribution in [3.63, 3.8) is 0 Å². The van der Waals surface area contributed by atoms with Gasteiger partial charge in [-0.1, -0.05) is 12.1 Å². The zero-order valence-corrected chi connectivity index (χ0v) is 11.3. The van der Waals surface area contributed by atoms with E-state index in [1.54, 1.807) is 25.1 Å². The summed E-state index contributed by atoms with van der Waals surface area (Å²) in [4.78, 5) is 23.3. The Morgan fingerprint density at radius 1 is 1.39 bits per heavy atom. The normalized spacial score (nSPS) is 11.8. The number of halogens is 1. The standard InChI is InChI=1S/C13H15ClO4/c1-4-18-13(16)11-9(12(14)8(2)15)6-5-7-10(11)17-3/h5-7,12H,4H2,1-3H3. The van der Waals surface area contributed by atoms with Crippen LogP contribution in [0.25, 0.3) is 0 Å². The second-order valence-corrected chi connectivity index (χ2v) is 4.05. The Labute approximate surface area is 111 Å². The van der Waals surface area contributed by atoms with Gasteiger partial charge in [0.15, 0.2) is 5.78 Å². The largest absolute Gasteiger partial charge is 0.496 e. The molecule has 0 aliphatic rings. The zero-order valence-electron chi connectivity index (χ0n) is 10.5. The zero-order chi connectivity index (χ0) is 13.7. The van der Waals surface area contributed by atoms with E-state index in [2.05, 4.69) is 0 Å². The summed E-state index contributed by atoms with van der Waals surface area (Å²) in [6.07, 6.45) is 0. The first-order valence-corrected chi connectivity index (χ1v) is 5.95. The fraction of sp³-hybridized carbons (Fsp3) is 0.385. The lowest BCUT2D eigenvalue weighted by atomic mass is 10.0. The third-order valence-corrected chi connectivity index (χ3v) is 2.93. The quantitative estimate of drug-likeness (QED) is 0.610. The summed E-state index contributed by atoms with van der Waals surface area (Å²) in [5, 5.41) is -0.889. The number of benzene rings is 1. The van der Waals surface area contributed by atoms with Crippen molar-refractivity contribution in [2.75, 3.05) is 13.7 Å². The Morgan fingerprint density at radius 2 is 2.06 bits per heavy atom. The van der Waals surface area contributed by atoms with E-state index < -0.39 is 11.3 Å². The van der Waals surface area contributed by atoms with Crippen molar-refractivity contribution in [3.8, 4) is 5.75 Å². The van der Waals surface area contributed by atoms with Crippen LogP contribution in [0.2, 0.25) is 0 Å². The predicted molar refractivity (Wildman–Crippen MR) is 68.2 cm³/mol. The van der Waals surface area contributed by atoms with E-state index in [0.29, 0.717) is 11.3 Å². The monoisotopic (exact) mass is 270 g/mol. The van der Waals surface area contributed by atoms with E-state index in [1.807, 2.05) is 0 Å². The van der Waals surface area contributed by atoms with Crippen LogP contribution in [-0.4, -0.2) is 25.5 Å². The summed E-state index contributed by atoms with van der Waals surface area (Å²) < 4.78 is 10.1. The van der Waals surface area contributed by atoms with Crippen LogP contribution in [0.5, 0.6) is 5.75 Å². The molecule has 0 radical (unpaired) electrons. The number of ketones is 1. The first kappa shape index (κ1) is 14.5. The number of hydrogen-bond donors (Lipinski definition) is 0. The van der Waals surface area contributed by atoms with Gasteiger partial charge in [0.25, 0.3) is 0 Å². The highest BCUT2D eigenvalue weighted by atomic mass is 35.5. The van der Waals surface area contributed by atoms with Crippen LogP contribution in [0, 0.1) is 0 Å². The molecule has 5 heteroatoms. The van der Waals surface area contributed by atoms with Gasteiger partial charge < -0.3 is 9.47 Å². The molecule has 0 aliphatic heterocycles. The van der Waals surface area contributed by atoms with Crippen LogP contribution in [0.3, 0.4) is 0 Å². The smallest absolute Gasteiger partial charge is 0.342 e. The Bertz CT molecular complexity index is 456. The average Bonchev–Trinajstić information content (AvgIpc) is 2.36. The molecular weight excluding hydrogens is 256 g/mol. The molecule has 0 bridgehead atoms. The van der Waals surface area contributed by atoms with E-state index in [4.69, 9.17) is 21.1 Å². The highest BCUT2D eigenvalue weighted by molar-refractivity contribution is 6.31. The molecule has 1 aromatic carbocycles. The molecule has 0 saturated heterocycles. The minimum atomic E-state index is -0.889. The highest BCUT2D eigenvalue weighted by Crippen LogP contribution is 2.31. The molecule has 0 amide bonds. The number of esters is 1. The summed E-state index contributed by atoms with van der Waals surface area (Å²) in [5.74, 6) is -0.440. The lowest BCUT2D eigenvalue weighted by Gasteiger charge is -2.14. The van der Waals surface area contributed by atoms with Crippen molar-refractivity contribution in [2.24, 2.45) is 0 Å². The number of alkyl halides is 1. The molecule has 1 rings (SSSR count). The molecular formula is C13H15ClO4. The van der Waals surface area contributed by atoms with Gasteiger partial charge in [0.1, 0.15) is 16.7 Å². The van der Waals surface area contributed by atoms with Crippen molar-refractivity contribution in [1.29, 1.82) is 0 Å². The maximum Gasteiger partial charge on any atom is 0.342 e. The SMILES string of the molecule is CCOC(=O)c1c(OC)cccc1C(Cl)C(C)=O. The van der Waals surface area contributed by atoms with Gasteiger partial charge in [-0.15, -0.1) is 11.6 Å². The summed E-state index contributed by atoms with van der Waals surface area (Å²) in [5.41, 5.74) is 0.610. The molecule has 98 valence electrons.